The van der Waals surface area contributed by atoms with Gasteiger partial charge in [0, 0.05) is 49.0 Å². The van der Waals surface area contributed by atoms with E-state index in [1.54, 1.807) is 10.6 Å². The summed E-state index contributed by atoms with van der Waals surface area (Å²) in [6.07, 6.45) is 7.18. The van der Waals surface area contributed by atoms with E-state index in [0.717, 1.165) is 43.0 Å². The van der Waals surface area contributed by atoms with Gasteiger partial charge in [0.2, 0.25) is 0 Å². The van der Waals surface area contributed by atoms with Gasteiger partial charge in [-0.15, -0.1) is 0 Å². The minimum Gasteiger partial charge on any atom is -0.506 e. The SMILES string of the molecule is CCc1ccc(CN2C3CC2CN(c2ccc(-c4cc(O)cn5ncc(C#N)c45)cn2)C3)cc1. The lowest BCUT2D eigenvalue weighted by atomic mass is 9.86. The normalized spacial score (nSPS) is 19.7. The maximum Gasteiger partial charge on any atom is 0.134 e. The summed E-state index contributed by atoms with van der Waals surface area (Å²) in [6, 6.07) is 18.0. The van der Waals surface area contributed by atoms with Gasteiger partial charge in [0.25, 0.3) is 0 Å². The molecule has 6 heterocycles. The molecule has 0 amide bonds. The number of benzene rings is 1. The second-order valence-electron chi connectivity index (χ2n) is 9.27. The molecule has 0 spiro atoms. The van der Waals surface area contributed by atoms with Crippen LogP contribution in [0.15, 0.2) is 61.1 Å². The highest BCUT2D eigenvalue weighted by atomic mass is 16.3. The molecule has 0 saturated carbocycles. The fraction of sp³-hybridized carbons (Fsp3) is 0.296. The number of aromatic hydroxyl groups is 1. The van der Waals surface area contributed by atoms with Gasteiger partial charge in [-0.1, -0.05) is 31.2 Å². The zero-order valence-electron chi connectivity index (χ0n) is 19.1. The Morgan fingerprint density at radius 1 is 1.06 bits per heavy atom. The van der Waals surface area contributed by atoms with Gasteiger partial charge in [0.05, 0.1) is 23.5 Å². The van der Waals surface area contributed by atoms with Crippen molar-refractivity contribution >= 4 is 11.3 Å². The van der Waals surface area contributed by atoms with Crippen molar-refractivity contribution in [2.75, 3.05) is 18.0 Å². The van der Waals surface area contributed by atoms with Crippen LogP contribution in [-0.4, -0.2) is 49.8 Å². The Hall–Kier alpha value is -3.89. The van der Waals surface area contributed by atoms with Gasteiger partial charge >= 0.3 is 0 Å². The lowest BCUT2D eigenvalue weighted by Gasteiger charge is -2.56. The summed E-state index contributed by atoms with van der Waals surface area (Å²) in [5.41, 5.74) is 5.51. The summed E-state index contributed by atoms with van der Waals surface area (Å²) in [5, 5.41) is 23.8. The molecule has 7 heteroatoms. The molecule has 2 atom stereocenters. The van der Waals surface area contributed by atoms with Crippen molar-refractivity contribution in [1.29, 1.82) is 5.26 Å². The molecule has 3 aromatic heterocycles. The Morgan fingerprint density at radius 2 is 1.82 bits per heavy atom. The van der Waals surface area contributed by atoms with Crippen molar-refractivity contribution in [2.24, 2.45) is 0 Å². The number of piperazine rings is 1. The van der Waals surface area contributed by atoms with Crippen LogP contribution in [0.4, 0.5) is 5.82 Å². The van der Waals surface area contributed by atoms with Gasteiger partial charge < -0.3 is 10.0 Å². The van der Waals surface area contributed by atoms with Crippen LogP contribution in [0.3, 0.4) is 0 Å². The summed E-state index contributed by atoms with van der Waals surface area (Å²) in [4.78, 5) is 9.75. The number of aromatic nitrogens is 3. The Morgan fingerprint density at radius 3 is 2.50 bits per heavy atom. The lowest BCUT2D eigenvalue weighted by Crippen LogP contribution is -2.68. The van der Waals surface area contributed by atoms with E-state index in [0.29, 0.717) is 23.2 Å². The number of hydrogen-bond acceptors (Lipinski definition) is 6. The standard InChI is InChI=1S/C27H26N6O/c1-2-18-3-5-19(6-4-18)14-32-22-9-23(32)16-31(15-22)26-8-7-20(12-29-26)25-10-24(34)17-33-27(25)21(11-28)13-30-33/h3-8,10,12-13,17,22-23,34H,2,9,14-16H2,1H3. The fourth-order valence-electron chi connectivity index (χ4n) is 5.37. The average Bonchev–Trinajstić information content (AvgIpc) is 3.30. The van der Waals surface area contributed by atoms with E-state index in [-0.39, 0.29) is 5.75 Å². The minimum absolute atomic E-state index is 0.0970. The van der Waals surface area contributed by atoms with Crippen LogP contribution >= 0.6 is 0 Å². The van der Waals surface area contributed by atoms with Crippen LogP contribution in [0.1, 0.15) is 30.0 Å². The predicted octanol–water partition coefficient (Wildman–Crippen LogP) is 4.00. The topological polar surface area (TPSA) is 80.7 Å². The molecule has 0 aliphatic carbocycles. The molecule has 170 valence electrons. The molecule has 3 aliphatic rings. The first-order valence-electron chi connectivity index (χ1n) is 11.8. The molecule has 1 aromatic carbocycles. The molecule has 7 nitrogen and oxygen atoms in total. The van der Waals surface area contributed by atoms with Crippen LogP contribution < -0.4 is 4.90 Å². The smallest absolute Gasteiger partial charge is 0.134 e. The van der Waals surface area contributed by atoms with Crippen molar-refractivity contribution < 1.29 is 5.11 Å². The number of anilines is 1. The van der Waals surface area contributed by atoms with E-state index in [4.69, 9.17) is 4.98 Å². The molecular weight excluding hydrogens is 424 g/mol. The molecule has 1 N–H and O–H groups in total. The number of nitrogens with zero attached hydrogens (tertiary/aromatic N) is 6. The number of piperidine rings is 1. The summed E-state index contributed by atoms with van der Waals surface area (Å²) < 4.78 is 1.54. The third kappa shape index (κ3) is 3.47. The summed E-state index contributed by atoms with van der Waals surface area (Å²) >= 11 is 0. The molecule has 2 unspecified atom stereocenters. The Balaban J connectivity index is 1.18. The molecule has 3 aliphatic heterocycles. The van der Waals surface area contributed by atoms with Gasteiger partial charge in [0.15, 0.2) is 0 Å². The second-order valence-corrected chi connectivity index (χ2v) is 9.27. The zero-order valence-corrected chi connectivity index (χ0v) is 19.1. The summed E-state index contributed by atoms with van der Waals surface area (Å²) in [6.45, 7) is 5.16. The molecule has 3 saturated heterocycles. The molecular formula is C27H26N6O. The van der Waals surface area contributed by atoms with Gasteiger partial charge in [0.1, 0.15) is 17.6 Å². The number of aryl methyl sites for hydroxylation is 1. The first-order valence-corrected chi connectivity index (χ1v) is 11.8. The van der Waals surface area contributed by atoms with Gasteiger partial charge in [-0.05, 0) is 42.2 Å². The lowest BCUT2D eigenvalue weighted by molar-refractivity contribution is -0.00868. The molecule has 7 rings (SSSR count). The number of fused-ring (bicyclic) bond motifs is 3. The maximum atomic E-state index is 10.1. The van der Waals surface area contributed by atoms with Gasteiger partial charge in [-0.2, -0.15) is 10.4 Å². The maximum absolute atomic E-state index is 10.1. The van der Waals surface area contributed by atoms with Gasteiger partial charge in [-0.25, -0.2) is 9.50 Å². The van der Waals surface area contributed by atoms with Crippen molar-refractivity contribution in [1.82, 2.24) is 19.5 Å². The molecule has 3 fully saturated rings. The van der Waals surface area contributed by atoms with Crippen LogP contribution in [0.5, 0.6) is 5.75 Å². The van der Waals surface area contributed by atoms with Crippen molar-refractivity contribution in [3.05, 3.63) is 77.7 Å². The van der Waals surface area contributed by atoms with E-state index < -0.39 is 0 Å². The quantitative estimate of drug-likeness (QED) is 0.495. The van der Waals surface area contributed by atoms with Gasteiger partial charge in [-0.3, -0.25) is 4.90 Å². The number of nitriles is 1. The van der Waals surface area contributed by atoms with Crippen LogP contribution in [0, 0.1) is 11.3 Å². The van der Waals surface area contributed by atoms with E-state index in [1.165, 1.54) is 29.9 Å². The highest BCUT2D eigenvalue weighted by molar-refractivity contribution is 5.85. The largest absolute Gasteiger partial charge is 0.506 e. The first-order chi connectivity index (χ1) is 16.6. The molecule has 2 bridgehead atoms. The van der Waals surface area contributed by atoms with Crippen LogP contribution in [0.2, 0.25) is 0 Å². The Labute approximate surface area is 198 Å². The number of rotatable bonds is 5. The monoisotopic (exact) mass is 450 g/mol. The van der Waals surface area contributed by atoms with E-state index in [1.807, 2.05) is 18.3 Å². The third-order valence-corrected chi connectivity index (χ3v) is 7.24. The minimum atomic E-state index is 0.0970. The third-order valence-electron chi connectivity index (χ3n) is 7.24. The highest BCUT2D eigenvalue weighted by Crippen LogP contribution is 2.36. The highest BCUT2D eigenvalue weighted by Gasteiger charge is 2.44. The Kier molecular flexibility index (Phi) is 4.96. The Bertz CT molecular complexity index is 1370. The first kappa shape index (κ1) is 20.7. The van der Waals surface area contributed by atoms with Crippen LogP contribution in [-0.2, 0) is 13.0 Å². The van der Waals surface area contributed by atoms with Crippen molar-refractivity contribution in [2.45, 2.75) is 38.4 Å². The van der Waals surface area contributed by atoms with E-state index in [9.17, 15) is 10.4 Å². The van der Waals surface area contributed by atoms with E-state index >= 15 is 0 Å². The van der Waals surface area contributed by atoms with Crippen molar-refractivity contribution in [3.63, 3.8) is 0 Å². The zero-order chi connectivity index (χ0) is 23.2. The molecule has 4 aromatic rings. The van der Waals surface area contributed by atoms with Crippen LogP contribution in [0.25, 0.3) is 16.6 Å². The summed E-state index contributed by atoms with van der Waals surface area (Å²) in [7, 11) is 0. The average molecular weight is 451 g/mol. The van der Waals surface area contributed by atoms with Crippen molar-refractivity contribution in [3.8, 4) is 22.9 Å². The predicted molar refractivity (Wildman–Crippen MR) is 131 cm³/mol. The van der Waals surface area contributed by atoms with E-state index in [2.05, 4.69) is 52.2 Å². The fourth-order valence-corrected chi connectivity index (χ4v) is 5.37. The number of hydrogen-bond donors (Lipinski definition) is 1. The second kappa shape index (κ2) is 8.15. The molecule has 34 heavy (non-hydrogen) atoms. The molecule has 0 radical (unpaired) electrons. The summed E-state index contributed by atoms with van der Waals surface area (Å²) in [5.74, 6) is 1.07. The number of pyridine rings is 2.